The maximum absolute atomic E-state index is 5.76. The van der Waals surface area contributed by atoms with Crippen LogP contribution in [-0.4, -0.2) is 84.7 Å². The topological polar surface area (TPSA) is 44.2 Å². The summed E-state index contributed by atoms with van der Waals surface area (Å²) in [5, 5.41) is 8.29. The van der Waals surface area contributed by atoms with Crippen LogP contribution in [-0.2, 0) is 0 Å². The van der Waals surface area contributed by atoms with Gasteiger partial charge in [-0.15, -0.1) is 10.2 Å². The standard InChI is InChI=1S/C22H44N4O2/c1-7-25(8-2,9-3)17-13-19-27-21-15-16-22(24-23-21)28-20-14-18-26(10-4,11-5)12-6/h15-16H,7-14,17-20H2,1-6H3/q+2. The van der Waals surface area contributed by atoms with Crippen LogP contribution in [0.2, 0.25) is 0 Å². The molecule has 0 fully saturated rings. The van der Waals surface area contributed by atoms with Gasteiger partial charge in [0.2, 0.25) is 11.8 Å². The highest BCUT2D eigenvalue weighted by Gasteiger charge is 2.20. The van der Waals surface area contributed by atoms with E-state index in [1.807, 2.05) is 12.1 Å². The summed E-state index contributed by atoms with van der Waals surface area (Å²) >= 11 is 0. The lowest BCUT2D eigenvalue weighted by Gasteiger charge is -2.35. The lowest BCUT2D eigenvalue weighted by atomic mass is 10.3. The first-order chi connectivity index (χ1) is 13.5. The number of quaternary nitrogens is 2. The molecular formula is C22H44N4O2+2. The van der Waals surface area contributed by atoms with Gasteiger partial charge >= 0.3 is 0 Å². The number of ether oxygens (including phenoxy) is 2. The number of rotatable bonds is 16. The predicted molar refractivity (Wildman–Crippen MR) is 116 cm³/mol. The fourth-order valence-corrected chi connectivity index (χ4v) is 3.91. The Labute approximate surface area is 173 Å². The lowest BCUT2D eigenvalue weighted by molar-refractivity contribution is -0.923. The third-order valence-corrected chi connectivity index (χ3v) is 6.69. The average Bonchev–Trinajstić information content (AvgIpc) is 2.76. The van der Waals surface area contributed by atoms with Crippen LogP contribution in [0.3, 0.4) is 0 Å². The van der Waals surface area contributed by atoms with Crippen LogP contribution in [0.5, 0.6) is 11.8 Å². The Bertz CT molecular complexity index is 450. The van der Waals surface area contributed by atoms with Crippen molar-refractivity contribution in [1.29, 1.82) is 0 Å². The van der Waals surface area contributed by atoms with E-state index in [4.69, 9.17) is 9.47 Å². The molecular weight excluding hydrogens is 352 g/mol. The zero-order valence-electron chi connectivity index (χ0n) is 19.2. The predicted octanol–water partition coefficient (Wildman–Crippen LogP) is 3.77. The minimum Gasteiger partial charge on any atom is -0.476 e. The quantitative estimate of drug-likeness (QED) is 0.315. The van der Waals surface area contributed by atoms with Crippen molar-refractivity contribution in [2.45, 2.75) is 54.4 Å². The van der Waals surface area contributed by atoms with Gasteiger partial charge in [0, 0.05) is 25.0 Å². The number of aromatic nitrogens is 2. The highest BCUT2D eigenvalue weighted by atomic mass is 16.5. The Morgan fingerprint density at radius 1 is 0.607 bits per heavy atom. The first kappa shape index (κ1) is 24.6. The van der Waals surface area contributed by atoms with Crippen molar-refractivity contribution in [3.05, 3.63) is 12.1 Å². The fraction of sp³-hybridized carbons (Fsp3) is 0.818. The normalized spacial score (nSPS) is 12.2. The zero-order valence-corrected chi connectivity index (χ0v) is 19.2. The van der Waals surface area contributed by atoms with Gasteiger partial charge in [0.1, 0.15) is 0 Å². The van der Waals surface area contributed by atoms with E-state index in [0.717, 1.165) is 34.9 Å². The Morgan fingerprint density at radius 2 is 0.929 bits per heavy atom. The highest BCUT2D eigenvalue weighted by Crippen LogP contribution is 2.13. The summed E-state index contributed by atoms with van der Waals surface area (Å²) in [4.78, 5) is 0. The Morgan fingerprint density at radius 3 is 1.18 bits per heavy atom. The Balaban J connectivity index is 2.32. The molecule has 0 bridgehead atoms. The van der Waals surface area contributed by atoms with Crippen LogP contribution < -0.4 is 9.47 Å². The van der Waals surface area contributed by atoms with Gasteiger partial charge in [-0.3, -0.25) is 0 Å². The molecule has 1 aromatic rings. The number of nitrogens with zero attached hydrogens (tertiary/aromatic N) is 4. The van der Waals surface area contributed by atoms with Crippen LogP contribution in [0.25, 0.3) is 0 Å². The molecule has 1 aromatic heterocycles. The maximum Gasteiger partial charge on any atom is 0.233 e. The van der Waals surface area contributed by atoms with E-state index in [-0.39, 0.29) is 0 Å². The van der Waals surface area contributed by atoms with Gasteiger partial charge in [-0.05, 0) is 41.5 Å². The molecule has 0 radical (unpaired) electrons. The summed E-state index contributed by atoms with van der Waals surface area (Å²) in [7, 11) is 0. The number of hydrogen-bond donors (Lipinski definition) is 0. The third-order valence-electron chi connectivity index (χ3n) is 6.69. The van der Waals surface area contributed by atoms with E-state index in [1.54, 1.807) is 0 Å². The van der Waals surface area contributed by atoms with Gasteiger partial charge in [-0.1, -0.05) is 0 Å². The van der Waals surface area contributed by atoms with Gasteiger partial charge in [0.05, 0.1) is 65.6 Å². The van der Waals surface area contributed by atoms with Crippen LogP contribution in [0.4, 0.5) is 0 Å². The summed E-state index contributed by atoms with van der Waals surface area (Å²) in [5.74, 6) is 1.15. The van der Waals surface area contributed by atoms with Crippen LogP contribution in [0.1, 0.15) is 54.4 Å². The molecule has 28 heavy (non-hydrogen) atoms. The molecule has 1 rings (SSSR count). The molecule has 0 unspecified atom stereocenters. The van der Waals surface area contributed by atoms with Gasteiger partial charge in [0.15, 0.2) is 0 Å². The molecule has 0 atom stereocenters. The second-order valence-corrected chi connectivity index (χ2v) is 7.64. The molecule has 6 nitrogen and oxygen atoms in total. The first-order valence-electron chi connectivity index (χ1n) is 11.3. The number of hydrogen-bond acceptors (Lipinski definition) is 4. The summed E-state index contributed by atoms with van der Waals surface area (Å²) in [6, 6.07) is 3.71. The van der Waals surface area contributed by atoms with Crippen LogP contribution in [0, 0.1) is 0 Å². The Kier molecular flexibility index (Phi) is 11.4. The zero-order chi connectivity index (χ0) is 20.9. The van der Waals surface area contributed by atoms with Crippen molar-refractivity contribution in [3.63, 3.8) is 0 Å². The van der Waals surface area contributed by atoms with Gasteiger partial charge in [-0.25, -0.2) is 0 Å². The summed E-state index contributed by atoms with van der Waals surface area (Å²) in [5.41, 5.74) is 0. The van der Waals surface area contributed by atoms with E-state index in [0.29, 0.717) is 25.0 Å². The Hall–Kier alpha value is -1.40. The van der Waals surface area contributed by atoms with E-state index in [2.05, 4.69) is 51.7 Å². The van der Waals surface area contributed by atoms with Crippen molar-refractivity contribution in [3.8, 4) is 11.8 Å². The fourth-order valence-electron chi connectivity index (χ4n) is 3.91. The molecule has 0 aliphatic rings. The van der Waals surface area contributed by atoms with Gasteiger partial charge in [-0.2, -0.15) is 0 Å². The second-order valence-electron chi connectivity index (χ2n) is 7.64. The van der Waals surface area contributed by atoms with Crippen LogP contribution in [0.15, 0.2) is 12.1 Å². The molecule has 0 aliphatic heterocycles. The largest absolute Gasteiger partial charge is 0.476 e. The van der Waals surface area contributed by atoms with Crippen molar-refractivity contribution in [2.75, 3.05) is 65.6 Å². The molecule has 0 spiro atoms. The van der Waals surface area contributed by atoms with Gasteiger partial charge < -0.3 is 18.4 Å². The average molecular weight is 397 g/mol. The highest BCUT2D eigenvalue weighted by molar-refractivity contribution is 5.15. The molecule has 6 heteroatoms. The van der Waals surface area contributed by atoms with E-state index < -0.39 is 0 Å². The monoisotopic (exact) mass is 396 g/mol. The third kappa shape index (κ3) is 7.55. The van der Waals surface area contributed by atoms with Crippen molar-refractivity contribution in [1.82, 2.24) is 10.2 Å². The molecule has 0 amide bonds. The summed E-state index contributed by atoms with van der Waals surface area (Å²) < 4.78 is 13.8. The van der Waals surface area contributed by atoms with Crippen LogP contribution >= 0.6 is 0 Å². The SMILES string of the molecule is CC[N+](CC)(CC)CCCOc1ccc(OCCC[N+](CC)(CC)CC)nn1. The summed E-state index contributed by atoms with van der Waals surface area (Å²) in [6.45, 7) is 24.3. The first-order valence-corrected chi connectivity index (χ1v) is 11.3. The molecule has 0 saturated heterocycles. The van der Waals surface area contributed by atoms with E-state index >= 15 is 0 Å². The minimum absolute atomic E-state index is 0.577. The van der Waals surface area contributed by atoms with Crippen molar-refractivity contribution >= 4 is 0 Å². The van der Waals surface area contributed by atoms with Crippen molar-refractivity contribution < 1.29 is 18.4 Å². The smallest absolute Gasteiger partial charge is 0.233 e. The molecule has 162 valence electrons. The van der Waals surface area contributed by atoms with E-state index in [1.165, 1.54) is 39.3 Å². The maximum atomic E-state index is 5.76. The molecule has 0 aliphatic carbocycles. The summed E-state index contributed by atoms with van der Waals surface area (Å²) in [6.07, 6.45) is 2.06. The van der Waals surface area contributed by atoms with Gasteiger partial charge in [0.25, 0.3) is 0 Å². The van der Waals surface area contributed by atoms with E-state index in [9.17, 15) is 0 Å². The van der Waals surface area contributed by atoms with Crippen molar-refractivity contribution in [2.24, 2.45) is 0 Å². The molecule has 0 aromatic carbocycles. The lowest BCUT2D eigenvalue weighted by Crippen LogP contribution is -2.48. The second kappa shape index (κ2) is 12.9. The molecule has 0 N–H and O–H groups in total. The molecule has 0 saturated carbocycles. The minimum atomic E-state index is 0.577. The molecule has 1 heterocycles.